The molecule has 2 aromatic carbocycles. The number of likely N-dealkylation sites (tertiary alicyclic amines) is 1. The van der Waals surface area contributed by atoms with Gasteiger partial charge in [0.25, 0.3) is 15.9 Å². The van der Waals surface area contributed by atoms with Gasteiger partial charge >= 0.3 is 0 Å². The van der Waals surface area contributed by atoms with Gasteiger partial charge in [0.2, 0.25) is 0 Å². The van der Waals surface area contributed by atoms with E-state index in [2.05, 4.69) is 9.71 Å². The van der Waals surface area contributed by atoms with E-state index in [-0.39, 0.29) is 10.8 Å². The maximum Gasteiger partial charge on any atom is 0.283 e. The molecule has 136 valence electrons. The molecule has 6 nitrogen and oxygen atoms in total. The third kappa shape index (κ3) is 4.23. The van der Waals surface area contributed by atoms with Gasteiger partial charge in [-0.05, 0) is 55.0 Å². The largest absolute Gasteiger partial charge is 0.362 e. The molecule has 0 unspecified atom stereocenters. The molecule has 0 atom stereocenters. The number of sulfonamides is 1. The van der Waals surface area contributed by atoms with Gasteiger partial charge in [0.15, 0.2) is 0 Å². The minimum Gasteiger partial charge on any atom is -0.362 e. The number of halogens is 1. The number of anilines is 1. The van der Waals surface area contributed by atoms with E-state index in [1.807, 2.05) is 11.9 Å². The van der Waals surface area contributed by atoms with E-state index >= 15 is 0 Å². The second kappa shape index (κ2) is 7.47. The summed E-state index contributed by atoms with van der Waals surface area (Å²) in [6, 6.07) is 12.4. The number of benzene rings is 2. The fourth-order valence-corrected chi connectivity index (χ4v) is 3.84. The van der Waals surface area contributed by atoms with Crippen molar-refractivity contribution in [2.45, 2.75) is 17.7 Å². The number of amidine groups is 1. The maximum atomic E-state index is 12.4. The number of carbonyl (C=O) groups excluding carboxylic acids is 1. The van der Waals surface area contributed by atoms with Crippen LogP contribution in [0.3, 0.4) is 0 Å². The van der Waals surface area contributed by atoms with E-state index in [0.29, 0.717) is 28.5 Å². The summed E-state index contributed by atoms with van der Waals surface area (Å²) in [4.78, 5) is 14.1. The van der Waals surface area contributed by atoms with Gasteiger partial charge in [-0.2, -0.15) is 8.42 Å². The molecule has 2 aromatic rings. The van der Waals surface area contributed by atoms with E-state index in [9.17, 15) is 13.2 Å². The lowest BCUT2D eigenvalue weighted by atomic mass is 10.2. The van der Waals surface area contributed by atoms with Crippen LogP contribution in [0.1, 0.15) is 23.2 Å². The van der Waals surface area contributed by atoms with Crippen LogP contribution in [0.4, 0.5) is 5.69 Å². The quantitative estimate of drug-likeness (QED) is 0.866. The zero-order valence-corrected chi connectivity index (χ0v) is 15.7. The lowest BCUT2D eigenvalue weighted by Crippen LogP contribution is -2.20. The van der Waals surface area contributed by atoms with E-state index in [0.717, 1.165) is 13.0 Å². The van der Waals surface area contributed by atoms with Gasteiger partial charge in [0, 0.05) is 36.3 Å². The number of hydrogen-bond acceptors (Lipinski definition) is 3. The van der Waals surface area contributed by atoms with Gasteiger partial charge in [-0.15, -0.1) is 4.40 Å². The summed E-state index contributed by atoms with van der Waals surface area (Å²) >= 11 is 5.80. The third-order valence-corrected chi connectivity index (χ3v) is 5.65. The van der Waals surface area contributed by atoms with Crippen LogP contribution in [0.15, 0.2) is 57.8 Å². The number of nitrogens with one attached hydrogen (secondary N) is 1. The van der Waals surface area contributed by atoms with Crippen LogP contribution in [0.2, 0.25) is 5.02 Å². The maximum absolute atomic E-state index is 12.4. The van der Waals surface area contributed by atoms with Gasteiger partial charge in [0.05, 0.1) is 4.90 Å². The molecule has 0 aromatic heterocycles. The fourth-order valence-electron chi connectivity index (χ4n) is 2.62. The Balaban J connectivity index is 1.74. The lowest BCUT2D eigenvalue weighted by Gasteiger charge is -2.11. The smallest absolute Gasteiger partial charge is 0.283 e. The first kappa shape index (κ1) is 18.4. The molecule has 1 heterocycles. The van der Waals surface area contributed by atoms with Crippen LogP contribution < -0.4 is 5.32 Å². The SMILES string of the molecule is CN1CCCC1=NS(=O)(=O)c1ccc(NC(=O)c2ccc(Cl)cc2)cc1. The first-order chi connectivity index (χ1) is 12.3. The monoisotopic (exact) mass is 391 g/mol. The molecule has 0 saturated carbocycles. The lowest BCUT2D eigenvalue weighted by molar-refractivity contribution is 0.102. The van der Waals surface area contributed by atoms with Crippen LogP contribution >= 0.6 is 11.6 Å². The predicted octanol–water partition coefficient (Wildman–Crippen LogP) is 3.41. The van der Waals surface area contributed by atoms with E-state index < -0.39 is 10.0 Å². The molecule has 1 aliphatic rings. The molecule has 8 heteroatoms. The van der Waals surface area contributed by atoms with Gasteiger partial charge in [0.1, 0.15) is 5.84 Å². The summed E-state index contributed by atoms with van der Waals surface area (Å²) in [5.41, 5.74) is 0.955. The number of carbonyl (C=O) groups is 1. The molecule has 26 heavy (non-hydrogen) atoms. The molecular weight excluding hydrogens is 374 g/mol. The number of nitrogens with zero attached hydrogens (tertiary/aromatic N) is 2. The van der Waals surface area contributed by atoms with Crippen molar-refractivity contribution in [3.05, 3.63) is 59.1 Å². The Labute approximate surface area is 157 Å². The average Bonchev–Trinajstić information content (AvgIpc) is 3.00. The van der Waals surface area contributed by atoms with Crippen LogP contribution in [0, 0.1) is 0 Å². The summed E-state index contributed by atoms with van der Waals surface area (Å²) in [7, 11) is -1.93. The standard InChI is InChI=1S/C18H18ClN3O3S/c1-22-12-2-3-17(22)21-26(24,25)16-10-8-15(9-11-16)20-18(23)13-4-6-14(19)7-5-13/h4-11H,2-3,12H2,1H3,(H,20,23). The number of hydrogen-bond donors (Lipinski definition) is 1. The van der Waals surface area contributed by atoms with Gasteiger partial charge in [-0.1, -0.05) is 11.6 Å². The Morgan fingerprint density at radius 2 is 1.77 bits per heavy atom. The second-order valence-electron chi connectivity index (χ2n) is 5.99. The normalized spacial score (nSPS) is 16.1. The first-order valence-electron chi connectivity index (χ1n) is 8.07. The first-order valence-corrected chi connectivity index (χ1v) is 9.89. The molecule has 0 spiro atoms. The van der Waals surface area contributed by atoms with Crippen molar-refractivity contribution in [1.82, 2.24) is 4.90 Å². The van der Waals surface area contributed by atoms with Crippen LogP contribution in [-0.2, 0) is 10.0 Å². The van der Waals surface area contributed by atoms with Crippen molar-refractivity contribution in [1.29, 1.82) is 0 Å². The average molecular weight is 392 g/mol. The Morgan fingerprint density at radius 3 is 2.35 bits per heavy atom. The molecule has 0 aliphatic carbocycles. The van der Waals surface area contributed by atoms with Crippen LogP contribution in [-0.4, -0.2) is 38.7 Å². The Bertz CT molecular complexity index is 939. The van der Waals surface area contributed by atoms with Gasteiger partial charge in [-0.3, -0.25) is 4.79 Å². The topological polar surface area (TPSA) is 78.8 Å². The minimum absolute atomic E-state index is 0.0924. The molecular formula is C18H18ClN3O3S. The minimum atomic E-state index is -3.76. The molecule has 0 radical (unpaired) electrons. The Hall–Kier alpha value is -2.38. The van der Waals surface area contributed by atoms with E-state index in [1.165, 1.54) is 12.1 Å². The highest BCUT2D eigenvalue weighted by Gasteiger charge is 2.20. The van der Waals surface area contributed by atoms with Crippen molar-refractivity contribution >= 4 is 39.1 Å². The molecule has 1 aliphatic heterocycles. The molecule has 1 amide bonds. The van der Waals surface area contributed by atoms with E-state index in [4.69, 9.17) is 11.6 Å². The third-order valence-electron chi connectivity index (χ3n) is 4.08. The molecule has 1 fully saturated rings. The zero-order chi connectivity index (χ0) is 18.7. The molecule has 3 rings (SSSR count). The fraction of sp³-hybridized carbons (Fsp3) is 0.222. The molecule has 1 saturated heterocycles. The van der Waals surface area contributed by atoms with Crippen molar-refractivity contribution in [3.8, 4) is 0 Å². The summed E-state index contributed by atoms with van der Waals surface area (Å²) < 4.78 is 28.7. The second-order valence-corrected chi connectivity index (χ2v) is 8.03. The number of rotatable bonds is 4. The Morgan fingerprint density at radius 1 is 1.12 bits per heavy atom. The summed E-state index contributed by atoms with van der Waals surface area (Å²) in [5.74, 6) is 0.273. The van der Waals surface area contributed by atoms with E-state index in [1.54, 1.807) is 36.4 Å². The van der Waals surface area contributed by atoms with Crippen molar-refractivity contribution in [2.24, 2.45) is 4.40 Å². The number of amides is 1. The summed E-state index contributed by atoms with van der Waals surface area (Å²) in [5, 5.41) is 3.26. The van der Waals surface area contributed by atoms with Crippen LogP contribution in [0.25, 0.3) is 0 Å². The molecule has 0 bridgehead atoms. The highest BCUT2D eigenvalue weighted by molar-refractivity contribution is 7.90. The summed E-state index contributed by atoms with van der Waals surface area (Å²) in [6.07, 6.45) is 1.56. The van der Waals surface area contributed by atoms with Gasteiger partial charge in [-0.25, -0.2) is 0 Å². The summed E-state index contributed by atoms with van der Waals surface area (Å²) in [6.45, 7) is 0.810. The zero-order valence-electron chi connectivity index (χ0n) is 14.1. The molecule has 1 N–H and O–H groups in total. The van der Waals surface area contributed by atoms with Crippen molar-refractivity contribution in [2.75, 3.05) is 18.9 Å². The van der Waals surface area contributed by atoms with Crippen molar-refractivity contribution < 1.29 is 13.2 Å². The van der Waals surface area contributed by atoms with Crippen molar-refractivity contribution in [3.63, 3.8) is 0 Å². The highest BCUT2D eigenvalue weighted by atomic mass is 35.5. The van der Waals surface area contributed by atoms with Crippen LogP contribution in [0.5, 0.6) is 0 Å². The predicted molar refractivity (Wildman–Crippen MR) is 102 cm³/mol. The Kier molecular flexibility index (Phi) is 5.29. The van der Waals surface area contributed by atoms with Gasteiger partial charge < -0.3 is 10.2 Å². The highest BCUT2D eigenvalue weighted by Crippen LogP contribution is 2.19.